The molecule has 1 saturated heterocycles. The molecule has 1 saturated carbocycles. The van der Waals surface area contributed by atoms with Crippen molar-refractivity contribution in [2.24, 2.45) is 13.0 Å². The minimum atomic E-state index is -0.895. The lowest BCUT2D eigenvalue weighted by Crippen LogP contribution is -2.52. The number of hydroxylamine groups is 2. The summed E-state index contributed by atoms with van der Waals surface area (Å²) in [6, 6.07) is 12.0. The van der Waals surface area contributed by atoms with E-state index >= 15 is 0 Å². The normalized spacial score (nSPS) is 22.6. The maximum Gasteiger partial charge on any atom is 0.337 e. The first-order valence-corrected chi connectivity index (χ1v) is 14.4. The van der Waals surface area contributed by atoms with Gasteiger partial charge in [0.15, 0.2) is 0 Å². The van der Waals surface area contributed by atoms with Gasteiger partial charge in [-0.25, -0.2) is 4.79 Å². The minimum absolute atomic E-state index is 0.0757. The summed E-state index contributed by atoms with van der Waals surface area (Å²) in [5.41, 5.74) is 4.64. The summed E-state index contributed by atoms with van der Waals surface area (Å²) >= 11 is 13.3. The Balaban J connectivity index is 1.17. The second-order valence-corrected chi connectivity index (χ2v) is 11.9. The molecule has 6 rings (SSSR count). The SMILES string of the molecule is C[C@H]1CN(CCC2=C(C3CC3)ON(C)C2c2c(Cl)cccc2Cl)CCN1c1ccc2c(C(=O)O)cn(C)c2c1. The zero-order chi connectivity index (χ0) is 27.4. The molecule has 0 radical (unpaired) electrons. The van der Waals surface area contributed by atoms with Crippen molar-refractivity contribution < 1.29 is 14.7 Å². The average Bonchev–Trinajstić information content (AvgIpc) is 3.62. The second kappa shape index (κ2) is 10.4. The molecule has 3 aliphatic rings. The van der Waals surface area contributed by atoms with Crippen LogP contribution in [0.4, 0.5) is 5.69 Å². The summed E-state index contributed by atoms with van der Waals surface area (Å²) in [5.74, 6) is 0.716. The molecule has 2 fully saturated rings. The molecule has 206 valence electrons. The van der Waals surface area contributed by atoms with Gasteiger partial charge in [0, 0.05) is 85.1 Å². The van der Waals surface area contributed by atoms with Crippen LogP contribution in [-0.4, -0.2) is 64.9 Å². The Bertz CT molecular complexity index is 1440. The number of aryl methyl sites for hydroxylation is 1. The number of nitrogens with zero attached hydrogens (tertiary/aromatic N) is 4. The molecule has 2 atom stereocenters. The Morgan fingerprint density at radius 2 is 1.85 bits per heavy atom. The lowest BCUT2D eigenvalue weighted by Gasteiger charge is -2.41. The number of carbonyl (C=O) groups is 1. The van der Waals surface area contributed by atoms with Gasteiger partial charge in [-0.15, -0.1) is 5.06 Å². The van der Waals surface area contributed by atoms with Crippen LogP contribution in [0, 0.1) is 5.92 Å². The average molecular weight is 570 g/mol. The van der Waals surface area contributed by atoms with Crippen LogP contribution >= 0.6 is 23.2 Å². The highest BCUT2D eigenvalue weighted by Crippen LogP contribution is 2.50. The third-order valence-corrected chi connectivity index (χ3v) is 9.08. The number of carboxylic acids is 1. The smallest absolute Gasteiger partial charge is 0.337 e. The van der Waals surface area contributed by atoms with E-state index in [9.17, 15) is 9.90 Å². The summed E-state index contributed by atoms with van der Waals surface area (Å²) in [6.45, 7) is 6.02. The molecule has 9 heteroatoms. The molecule has 1 aliphatic carbocycles. The van der Waals surface area contributed by atoms with Crippen molar-refractivity contribution in [2.75, 3.05) is 38.1 Å². The van der Waals surface area contributed by atoms with E-state index in [4.69, 9.17) is 28.0 Å². The van der Waals surface area contributed by atoms with Gasteiger partial charge in [0.2, 0.25) is 0 Å². The minimum Gasteiger partial charge on any atom is -0.478 e. The Hall–Kier alpha value is -2.71. The van der Waals surface area contributed by atoms with Crippen LogP contribution < -0.4 is 4.90 Å². The topological polar surface area (TPSA) is 61.2 Å². The number of aromatic carboxylic acids is 1. The monoisotopic (exact) mass is 568 g/mol. The largest absolute Gasteiger partial charge is 0.478 e. The van der Waals surface area contributed by atoms with E-state index in [2.05, 4.69) is 28.9 Å². The van der Waals surface area contributed by atoms with Crippen LogP contribution in [0.5, 0.6) is 0 Å². The van der Waals surface area contributed by atoms with E-state index in [1.807, 2.05) is 48.0 Å². The number of fused-ring (bicyclic) bond motifs is 1. The molecule has 1 aromatic heterocycles. The zero-order valence-corrected chi connectivity index (χ0v) is 24.0. The van der Waals surface area contributed by atoms with Crippen LogP contribution in [0.15, 0.2) is 53.9 Å². The van der Waals surface area contributed by atoms with Gasteiger partial charge in [0.25, 0.3) is 0 Å². The van der Waals surface area contributed by atoms with E-state index in [0.29, 0.717) is 27.6 Å². The predicted octanol–water partition coefficient (Wildman–Crippen LogP) is 6.37. The predicted molar refractivity (Wildman–Crippen MR) is 156 cm³/mol. The molecular weight excluding hydrogens is 535 g/mol. The third-order valence-electron chi connectivity index (χ3n) is 8.42. The molecule has 2 aliphatic heterocycles. The van der Waals surface area contributed by atoms with E-state index < -0.39 is 5.97 Å². The molecule has 1 N–H and O–H groups in total. The Kier molecular flexibility index (Phi) is 7.04. The van der Waals surface area contributed by atoms with Gasteiger partial charge in [-0.05, 0) is 62.1 Å². The number of allylic oxidation sites excluding steroid dienone is 1. The molecule has 1 unspecified atom stereocenters. The maximum atomic E-state index is 11.6. The van der Waals surface area contributed by atoms with Gasteiger partial charge < -0.3 is 19.4 Å². The first-order valence-electron chi connectivity index (χ1n) is 13.6. The lowest BCUT2D eigenvalue weighted by atomic mass is 9.94. The summed E-state index contributed by atoms with van der Waals surface area (Å²) in [5, 5.41) is 13.6. The quantitative estimate of drug-likeness (QED) is 0.357. The van der Waals surface area contributed by atoms with Crippen molar-refractivity contribution >= 4 is 45.8 Å². The zero-order valence-electron chi connectivity index (χ0n) is 22.5. The Labute approximate surface area is 239 Å². The fourth-order valence-electron chi connectivity index (χ4n) is 6.31. The molecule has 0 bridgehead atoms. The van der Waals surface area contributed by atoms with Crippen LogP contribution in [0.3, 0.4) is 0 Å². The first kappa shape index (κ1) is 26.5. The number of piperazine rings is 1. The van der Waals surface area contributed by atoms with Crippen molar-refractivity contribution in [3.8, 4) is 0 Å². The summed E-state index contributed by atoms with van der Waals surface area (Å²) in [4.78, 5) is 22.9. The van der Waals surface area contributed by atoms with Gasteiger partial charge in [0.05, 0.1) is 17.1 Å². The van der Waals surface area contributed by atoms with Crippen molar-refractivity contribution in [1.82, 2.24) is 14.5 Å². The number of hydrogen-bond acceptors (Lipinski definition) is 5. The fourth-order valence-corrected chi connectivity index (χ4v) is 6.91. The van der Waals surface area contributed by atoms with Gasteiger partial charge in [-0.3, -0.25) is 4.90 Å². The fraction of sp³-hybridized carbons (Fsp3) is 0.433. The third kappa shape index (κ3) is 4.91. The van der Waals surface area contributed by atoms with Crippen molar-refractivity contribution in [3.63, 3.8) is 0 Å². The molecule has 0 amide bonds. The summed E-state index contributed by atoms with van der Waals surface area (Å²) in [6.07, 6.45) is 4.94. The van der Waals surface area contributed by atoms with Gasteiger partial charge >= 0.3 is 5.97 Å². The highest BCUT2D eigenvalue weighted by atomic mass is 35.5. The van der Waals surface area contributed by atoms with Gasteiger partial charge in [-0.2, -0.15) is 0 Å². The van der Waals surface area contributed by atoms with E-state index in [1.165, 1.54) is 18.4 Å². The van der Waals surface area contributed by atoms with E-state index in [-0.39, 0.29) is 6.04 Å². The van der Waals surface area contributed by atoms with Gasteiger partial charge in [0.1, 0.15) is 5.76 Å². The maximum absolute atomic E-state index is 11.6. The van der Waals surface area contributed by atoms with E-state index in [0.717, 1.165) is 60.5 Å². The number of hydrogen-bond donors (Lipinski definition) is 1. The number of anilines is 1. The Morgan fingerprint density at radius 3 is 2.51 bits per heavy atom. The molecule has 2 aromatic carbocycles. The van der Waals surface area contributed by atoms with Crippen molar-refractivity contribution in [2.45, 2.75) is 38.3 Å². The number of halogens is 2. The highest BCUT2D eigenvalue weighted by molar-refractivity contribution is 6.36. The molecule has 0 spiro atoms. The molecule has 7 nitrogen and oxygen atoms in total. The number of aromatic nitrogens is 1. The van der Waals surface area contributed by atoms with Crippen LogP contribution in [-0.2, 0) is 11.9 Å². The molecule has 39 heavy (non-hydrogen) atoms. The molecule has 3 heterocycles. The molecular formula is C30H34Cl2N4O3. The van der Waals surface area contributed by atoms with Gasteiger partial charge in [-0.1, -0.05) is 29.3 Å². The van der Waals surface area contributed by atoms with Crippen molar-refractivity contribution in [3.05, 3.63) is 75.1 Å². The highest BCUT2D eigenvalue weighted by Gasteiger charge is 2.42. The number of benzene rings is 2. The summed E-state index contributed by atoms with van der Waals surface area (Å²) < 4.78 is 1.90. The number of carboxylic acid groups (broad SMARTS) is 1. The Morgan fingerprint density at radius 1 is 1.10 bits per heavy atom. The van der Waals surface area contributed by atoms with E-state index in [1.54, 1.807) is 6.20 Å². The first-order chi connectivity index (χ1) is 18.7. The van der Waals surface area contributed by atoms with Crippen LogP contribution in [0.25, 0.3) is 10.9 Å². The van der Waals surface area contributed by atoms with Crippen LogP contribution in [0.1, 0.15) is 48.1 Å². The standard InChI is InChI=1S/C30H34Cl2N4O3/c1-18-16-35(13-14-36(18)20-9-10-21-23(30(37)38)17-33(2)26(21)15-20)12-11-22-28(27-24(31)5-4-6-25(27)32)34(3)39-29(22)19-7-8-19/h4-6,9-10,15,17-19,28H,7-8,11-14,16H2,1-3H3,(H,37,38)/t18-,28?/m0/s1. The van der Waals surface area contributed by atoms with Crippen LogP contribution in [0.2, 0.25) is 10.0 Å². The summed E-state index contributed by atoms with van der Waals surface area (Å²) in [7, 11) is 3.88. The van der Waals surface area contributed by atoms with Crippen molar-refractivity contribution in [1.29, 1.82) is 0 Å². The number of rotatable bonds is 7. The lowest BCUT2D eigenvalue weighted by molar-refractivity contribution is -0.0999. The second-order valence-electron chi connectivity index (χ2n) is 11.1. The number of likely N-dealkylation sites (N-methyl/N-ethyl adjacent to an activating group) is 1. The molecule has 3 aromatic rings.